The maximum Gasteiger partial charge on any atom is 0.325 e. The Hall–Kier alpha value is -3.79. The summed E-state index contributed by atoms with van der Waals surface area (Å²) in [6, 6.07) is -7.59. The summed E-state index contributed by atoms with van der Waals surface area (Å²) in [5.74, 6) is -6.81. The molecule has 0 aromatic heterocycles. The van der Waals surface area contributed by atoms with Crippen LogP contribution in [0.15, 0.2) is 0 Å². The van der Waals surface area contributed by atoms with Gasteiger partial charge in [0.15, 0.2) is 0 Å². The van der Waals surface area contributed by atoms with Crippen LogP contribution in [-0.4, -0.2) is 94.0 Å². The number of carbonyl (C=O) groups excluding carboxylic acids is 6. The highest BCUT2D eigenvalue weighted by molar-refractivity contribution is 5.97. The second kappa shape index (κ2) is 16.2. The number of nitrogens with one attached hydrogen (secondary N) is 5. The van der Waals surface area contributed by atoms with Crippen LogP contribution in [0.4, 0.5) is 0 Å². The minimum Gasteiger partial charge on any atom is -0.480 e. The summed E-state index contributed by atoms with van der Waals surface area (Å²) in [5.41, 5.74) is 10.9. The molecule has 0 heterocycles. The second-order valence-corrected chi connectivity index (χ2v) is 9.40. The Labute approximate surface area is 226 Å². The molecule has 16 heteroatoms. The van der Waals surface area contributed by atoms with Gasteiger partial charge in [0.25, 0.3) is 0 Å². The fraction of sp³-hybridized carbons (Fsp3) is 0.696. The fourth-order valence-electron chi connectivity index (χ4n) is 3.03. The van der Waals surface area contributed by atoms with E-state index in [4.69, 9.17) is 16.6 Å². The number of carboxylic acids is 1. The Morgan fingerprint density at radius 1 is 0.692 bits per heavy atom. The first-order valence-corrected chi connectivity index (χ1v) is 12.4. The molecule has 222 valence electrons. The number of aliphatic hydroxyl groups is 1. The minimum absolute atomic E-state index is 0.434. The van der Waals surface area contributed by atoms with E-state index < -0.39 is 96.1 Å². The Balaban J connectivity index is 5.47. The molecule has 0 saturated heterocycles. The first kappa shape index (κ1) is 35.2. The van der Waals surface area contributed by atoms with E-state index in [0.29, 0.717) is 6.42 Å². The van der Waals surface area contributed by atoms with Gasteiger partial charge in [-0.25, -0.2) is 0 Å². The second-order valence-electron chi connectivity index (χ2n) is 9.40. The van der Waals surface area contributed by atoms with Crippen molar-refractivity contribution >= 4 is 41.4 Å². The van der Waals surface area contributed by atoms with Gasteiger partial charge in [-0.05, 0) is 33.6 Å². The number of aliphatic hydroxyl groups excluding tert-OH is 1. The Morgan fingerprint density at radius 2 is 1.15 bits per heavy atom. The molecule has 0 rings (SSSR count). The quantitative estimate of drug-likeness (QED) is 0.0888. The zero-order chi connectivity index (χ0) is 30.6. The van der Waals surface area contributed by atoms with Crippen LogP contribution in [0.3, 0.4) is 0 Å². The lowest BCUT2D eigenvalue weighted by Gasteiger charge is -2.28. The maximum absolute atomic E-state index is 13.0. The summed E-state index contributed by atoms with van der Waals surface area (Å²) < 4.78 is 0. The zero-order valence-corrected chi connectivity index (χ0v) is 22.9. The molecule has 0 aliphatic rings. The van der Waals surface area contributed by atoms with Gasteiger partial charge >= 0.3 is 5.97 Å². The number of primary amides is 1. The van der Waals surface area contributed by atoms with Gasteiger partial charge in [0.2, 0.25) is 35.4 Å². The standard InChI is InChI=1S/C23H41N7O9/c1-7-9(2)17(30-21(36)16(25)13(6)31)22(37)29-14(8-15(24)32)20(35)27-11(4)18(33)26-10(3)19(34)28-12(5)23(38)39/h9-14,16-17,31H,7-8,25H2,1-6H3,(H2,24,32)(H,26,33)(H,27,35)(H,28,34)(H,29,37)(H,30,36)(H,38,39)/t9-,10-,11-,12-,13+,14-,16-,17-/m0/s1. The van der Waals surface area contributed by atoms with Crippen molar-refractivity contribution in [3.63, 3.8) is 0 Å². The predicted octanol–water partition coefficient (Wildman–Crippen LogP) is -3.82. The molecule has 0 aliphatic carbocycles. The molecule has 0 fully saturated rings. The van der Waals surface area contributed by atoms with Crippen molar-refractivity contribution in [3.8, 4) is 0 Å². The van der Waals surface area contributed by atoms with Gasteiger partial charge in [-0.1, -0.05) is 20.3 Å². The molecule has 0 spiro atoms. The molecule has 0 aromatic rings. The zero-order valence-electron chi connectivity index (χ0n) is 22.9. The lowest BCUT2D eigenvalue weighted by atomic mass is 9.97. The van der Waals surface area contributed by atoms with Gasteiger partial charge in [-0.3, -0.25) is 33.6 Å². The fourth-order valence-corrected chi connectivity index (χ4v) is 3.03. The number of nitrogens with two attached hydrogens (primary N) is 2. The molecule has 0 aromatic carbocycles. The molecule has 0 aliphatic heterocycles. The molecule has 0 saturated carbocycles. The van der Waals surface area contributed by atoms with Crippen LogP contribution in [0.25, 0.3) is 0 Å². The van der Waals surface area contributed by atoms with E-state index in [9.17, 15) is 38.7 Å². The first-order chi connectivity index (χ1) is 17.9. The molecule has 6 amide bonds. The summed E-state index contributed by atoms with van der Waals surface area (Å²) in [5, 5.41) is 30.0. The Kier molecular flexibility index (Phi) is 14.7. The highest BCUT2D eigenvalue weighted by Gasteiger charge is 2.33. The largest absolute Gasteiger partial charge is 0.480 e. The van der Waals surface area contributed by atoms with Crippen molar-refractivity contribution in [2.24, 2.45) is 17.4 Å². The predicted molar refractivity (Wildman–Crippen MR) is 137 cm³/mol. The average Bonchev–Trinajstić information content (AvgIpc) is 2.84. The van der Waals surface area contributed by atoms with Crippen molar-refractivity contribution in [1.82, 2.24) is 26.6 Å². The van der Waals surface area contributed by atoms with Crippen LogP contribution < -0.4 is 38.1 Å². The van der Waals surface area contributed by atoms with E-state index in [-0.39, 0.29) is 0 Å². The van der Waals surface area contributed by atoms with Crippen LogP contribution in [0, 0.1) is 5.92 Å². The highest BCUT2D eigenvalue weighted by atomic mass is 16.4. The average molecular weight is 560 g/mol. The van der Waals surface area contributed by atoms with Crippen molar-refractivity contribution in [1.29, 1.82) is 0 Å². The van der Waals surface area contributed by atoms with Gasteiger partial charge in [-0.2, -0.15) is 0 Å². The smallest absolute Gasteiger partial charge is 0.325 e. The monoisotopic (exact) mass is 559 g/mol. The van der Waals surface area contributed by atoms with E-state index in [0.717, 1.165) is 0 Å². The minimum atomic E-state index is -1.52. The van der Waals surface area contributed by atoms with Crippen LogP contribution >= 0.6 is 0 Å². The van der Waals surface area contributed by atoms with Crippen molar-refractivity contribution in [2.45, 2.75) is 96.7 Å². The number of carbonyl (C=O) groups is 7. The third kappa shape index (κ3) is 12.1. The summed E-state index contributed by atoms with van der Waals surface area (Å²) in [4.78, 5) is 85.2. The van der Waals surface area contributed by atoms with Gasteiger partial charge in [-0.15, -0.1) is 0 Å². The van der Waals surface area contributed by atoms with E-state index in [2.05, 4.69) is 26.6 Å². The van der Waals surface area contributed by atoms with Crippen molar-refractivity contribution in [3.05, 3.63) is 0 Å². The molecule has 8 atom stereocenters. The molecule has 16 nitrogen and oxygen atoms in total. The molecule has 0 unspecified atom stereocenters. The molecule has 39 heavy (non-hydrogen) atoms. The van der Waals surface area contributed by atoms with Crippen LogP contribution in [-0.2, 0) is 33.6 Å². The Morgan fingerprint density at radius 3 is 1.56 bits per heavy atom. The van der Waals surface area contributed by atoms with Crippen LogP contribution in [0.1, 0.15) is 54.4 Å². The maximum atomic E-state index is 13.0. The number of aliphatic carboxylic acids is 1. The highest BCUT2D eigenvalue weighted by Crippen LogP contribution is 2.10. The SMILES string of the molecule is CC[C@H](C)[C@H](NC(=O)[C@@H](N)[C@@H](C)O)C(=O)N[C@@H](CC(N)=O)C(=O)N[C@@H](C)C(=O)N[C@@H](C)C(=O)N[C@@H](C)C(=O)O. The normalized spacial score (nSPS) is 17.0. The van der Waals surface area contributed by atoms with E-state index in [1.54, 1.807) is 13.8 Å². The van der Waals surface area contributed by atoms with Crippen molar-refractivity contribution in [2.75, 3.05) is 0 Å². The third-order valence-electron chi connectivity index (χ3n) is 5.89. The lowest BCUT2D eigenvalue weighted by Crippen LogP contribution is -2.60. The van der Waals surface area contributed by atoms with Gasteiger partial charge in [0, 0.05) is 0 Å². The summed E-state index contributed by atoms with van der Waals surface area (Å²) in [6.07, 6.45) is -1.39. The van der Waals surface area contributed by atoms with Crippen molar-refractivity contribution < 1.29 is 43.8 Å². The van der Waals surface area contributed by atoms with Crippen LogP contribution in [0.2, 0.25) is 0 Å². The summed E-state index contributed by atoms with van der Waals surface area (Å²) in [6.45, 7) is 8.53. The number of hydrogen-bond acceptors (Lipinski definition) is 9. The lowest BCUT2D eigenvalue weighted by molar-refractivity contribution is -0.141. The molecule has 0 radical (unpaired) electrons. The third-order valence-corrected chi connectivity index (χ3v) is 5.89. The molecular weight excluding hydrogens is 518 g/mol. The summed E-state index contributed by atoms with van der Waals surface area (Å²) in [7, 11) is 0. The molecule has 0 bridgehead atoms. The van der Waals surface area contributed by atoms with E-state index in [1.807, 2.05) is 0 Å². The molecular formula is C23H41N7O9. The number of rotatable bonds is 16. The van der Waals surface area contributed by atoms with Gasteiger partial charge < -0.3 is 48.3 Å². The van der Waals surface area contributed by atoms with E-state index in [1.165, 1.54) is 27.7 Å². The summed E-state index contributed by atoms with van der Waals surface area (Å²) >= 11 is 0. The molecule has 11 N–H and O–H groups in total. The van der Waals surface area contributed by atoms with Gasteiger partial charge in [0.1, 0.15) is 36.3 Å². The number of hydrogen-bond donors (Lipinski definition) is 9. The Bertz CT molecular complexity index is 928. The van der Waals surface area contributed by atoms with Gasteiger partial charge in [0.05, 0.1) is 12.5 Å². The van der Waals surface area contributed by atoms with Crippen LogP contribution in [0.5, 0.6) is 0 Å². The number of carboxylic acid groups (broad SMARTS) is 1. The first-order valence-electron chi connectivity index (χ1n) is 12.4. The topological polar surface area (TPSA) is 272 Å². The number of amides is 6. The van der Waals surface area contributed by atoms with E-state index >= 15 is 0 Å².